The van der Waals surface area contributed by atoms with E-state index in [9.17, 15) is 4.79 Å². The second-order valence-electron chi connectivity index (χ2n) is 4.51. The number of rotatable bonds is 5. The van der Waals surface area contributed by atoms with E-state index in [0.717, 1.165) is 0 Å². The van der Waals surface area contributed by atoms with Crippen LogP contribution in [0.25, 0.3) is 0 Å². The largest absolute Gasteiger partial charge is 0.338 e. The molecule has 116 valence electrons. The van der Waals surface area contributed by atoms with Crippen LogP contribution in [0.2, 0.25) is 10.0 Å². The molecule has 2 aromatic rings. The zero-order valence-corrected chi connectivity index (χ0v) is 13.8. The maximum absolute atomic E-state index is 12.1. The van der Waals surface area contributed by atoms with Crippen LogP contribution < -0.4 is 5.32 Å². The second-order valence-corrected chi connectivity index (χ2v) is 5.36. The van der Waals surface area contributed by atoms with Gasteiger partial charge in [0.05, 0.1) is 23.1 Å². The van der Waals surface area contributed by atoms with Gasteiger partial charge in [-0.2, -0.15) is 0 Å². The fourth-order valence-electron chi connectivity index (χ4n) is 1.90. The SMILES string of the molecule is CCN(CC)C(=O)c1cnc(Nc2ccc(Cl)cc2Cl)cn1. The van der Waals surface area contributed by atoms with Gasteiger partial charge in [0.1, 0.15) is 11.5 Å². The highest BCUT2D eigenvalue weighted by Gasteiger charge is 2.14. The van der Waals surface area contributed by atoms with Crippen LogP contribution in [0, 0.1) is 0 Å². The van der Waals surface area contributed by atoms with Gasteiger partial charge in [0.25, 0.3) is 5.91 Å². The van der Waals surface area contributed by atoms with E-state index in [1.807, 2.05) is 13.8 Å². The predicted molar refractivity (Wildman–Crippen MR) is 89.0 cm³/mol. The summed E-state index contributed by atoms with van der Waals surface area (Å²) in [5.41, 5.74) is 0.986. The molecule has 0 fully saturated rings. The summed E-state index contributed by atoms with van der Waals surface area (Å²) in [5.74, 6) is 0.369. The molecule has 1 heterocycles. The quantitative estimate of drug-likeness (QED) is 0.894. The first-order valence-electron chi connectivity index (χ1n) is 6.88. The van der Waals surface area contributed by atoms with E-state index in [-0.39, 0.29) is 5.91 Å². The standard InChI is InChI=1S/C15H16Cl2N4O/c1-3-21(4-2)15(22)13-8-19-14(9-18-13)20-12-6-5-10(16)7-11(12)17/h5-9H,3-4H2,1-2H3,(H,19,20). The summed E-state index contributed by atoms with van der Waals surface area (Å²) in [6.07, 6.45) is 2.95. The third-order valence-electron chi connectivity index (χ3n) is 3.12. The van der Waals surface area contributed by atoms with Crippen LogP contribution in [-0.4, -0.2) is 33.9 Å². The number of halogens is 2. The molecule has 1 N–H and O–H groups in total. The fraction of sp³-hybridized carbons (Fsp3) is 0.267. The molecule has 5 nitrogen and oxygen atoms in total. The Kier molecular flexibility index (Phi) is 5.57. The minimum absolute atomic E-state index is 0.131. The molecule has 0 atom stereocenters. The number of aromatic nitrogens is 2. The molecule has 0 aliphatic rings. The van der Waals surface area contributed by atoms with E-state index in [4.69, 9.17) is 23.2 Å². The number of hydrogen-bond acceptors (Lipinski definition) is 4. The Morgan fingerprint density at radius 1 is 1.18 bits per heavy atom. The van der Waals surface area contributed by atoms with Crippen molar-refractivity contribution < 1.29 is 4.79 Å². The molecule has 2 rings (SSSR count). The van der Waals surface area contributed by atoms with Gasteiger partial charge in [-0.3, -0.25) is 4.79 Å². The lowest BCUT2D eigenvalue weighted by atomic mass is 10.3. The zero-order valence-electron chi connectivity index (χ0n) is 12.3. The van der Waals surface area contributed by atoms with Crippen molar-refractivity contribution in [1.29, 1.82) is 0 Å². The number of anilines is 2. The maximum Gasteiger partial charge on any atom is 0.274 e. The van der Waals surface area contributed by atoms with Crippen LogP contribution in [0.3, 0.4) is 0 Å². The Hall–Kier alpha value is -1.85. The van der Waals surface area contributed by atoms with Gasteiger partial charge < -0.3 is 10.2 Å². The van der Waals surface area contributed by atoms with Crippen LogP contribution in [0.1, 0.15) is 24.3 Å². The molecule has 0 saturated heterocycles. The number of carbonyl (C=O) groups is 1. The molecule has 1 aromatic heterocycles. The monoisotopic (exact) mass is 338 g/mol. The molecule has 0 bridgehead atoms. The van der Waals surface area contributed by atoms with Gasteiger partial charge in [0.2, 0.25) is 0 Å². The topological polar surface area (TPSA) is 58.1 Å². The summed E-state index contributed by atoms with van der Waals surface area (Å²) < 4.78 is 0. The summed E-state index contributed by atoms with van der Waals surface area (Å²) in [7, 11) is 0. The number of hydrogen-bond donors (Lipinski definition) is 1. The molecule has 0 aliphatic heterocycles. The normalized spacial score (nSPS) is 10.4. The Morgan fingerprint density at radius 2 is 1.91 bits per heavy atom. The van der Waals surface area contributed by atoms with Gasteiger partial charge in [-0.05, 0) is 32.0 Å². The number of carbonyl (C=O) groups excluding carboxylic acids is 1. The van der Waals surface area contributed by atoms with Crippen molar-refractivity contribution in [3.05, 3.63) is 46.3 Å². The molecule has 0 radical (unpaired) electrons. The van der Waals surface area contributed by atoms with Crippen molar-refractivity contribution in [2.75, 3.05) is 18.4 Å². The van der Waals surface area contributed by atoms with E-state index in [2.05, 4.69) is 15.3 Å². The van der Waals surface area contributed by atoms with Crippen molar-refractivity contribution in [2.24, 2.45) is 0 Å². The van der Waals surface area contributed by atoms with Crippen molar-refractivity contribution >= 4 is 40.6 Å². The third-order valence-corrected chi connectivity index (χ3v) is 3.66. The van der Waals surface area contributed by atoms with Crippen LogP contribution >= 0.6 is 23.2 Å². The van der Waals surface area contributed by atoms with E-state index in [1.54, 1.807) is 23.1 Å². The molecule has 0 aliphatic carbocycles. The first kappa shape index (κ1) is 16.5. The van der Waals surface area contributed by atoms with Gasteiger partial charge in [-0.25, -0.2) is 9.97 Å². The van der Waals surface area contributed by atoms with Crippen LogP contribution in [-0.2, 0) is 0 Å². The Balaban J connectivity index is 2.13. The van der Waals surface area contributed by atoms with Gasteiger partial charge in [0.15, 0.2) is 0 Å². The van der Waals surface area contributed by atoms with Gasteiger partial charge in [-0.1, -0.05) is 23.2 Å². The van der Waals surface area contributed by atoms with E-state index in [0.29, 0.717) is 40.3 Å². The first-order chi connectivity index (χ1) is 10.5. The van der Waals surface area contributed by atoms with Gasteiger partial charge >= 0.3 is 0 Å². The lowest BCUT2D eigenvalue weighted by Crippen LogP contribution is -2.31. The molecule has 1 aromatic carbocycles. The highest BCUT2D eigenvalue weighted by molar-refractivity contribution is 6.36. The molecule has 0 spiro atoms. The van der Waals surface area contributed by atoms with E-state index < -0.39 is 0 Å². The zero-order chi connectivity index (χ0) is 16.1. The molecular weight excluding hydrogens is 323 g/mol. The van der Waals surface area contributed by atoms with Crippen molar-refractivity contribution in [3.63, 3.8) is 0 Å². The molecule has 7 heteroatoms. The average molecular weight is 339 g/mol. The highest BCUT2D eigenvalue weighted by Crippen LogP contribution is 2.27. The minimum Gasteiger partial charge on any atom is -0.338 e. The van der Waals surface area contributed by atoms with E-state index in [1.165, 1.54) is 12.4 Å². The van der Waals surface area contributed by atoms with Crippen molar-refractivity contribution in [1.82, 2.24) is 14.9 Å². The smallest absolute Gasteiger partial charge is 0.274 e. The molecule has 22 heavy (non-hydrogen) atoms. The molecular formula is C15H16Cl2N4O. The minimum atomic E-state index is -0.131. The molecule has 0 saturated carbocycles. The first-order valence-corrected chi connectivity index (χ1v) is 7.64. The lowest BCUT2D eigenvalue weighted by Gasteiger charge is -2.17. The maximum atomic E-state index is 12.1. The average Bonchev–Trinajstić information content (AvgIpc) is 2.52. The molecule has 0 unspecified atom stereocenters. The summed E-state index contributed by atoms with van der Waals surface area (Å²) in [4.78, 5) is 22.2. The van der Waals surface area contributed by atoms with Gasteiger partial charge in [0, 0.05) is 18.1 Å². The van der Waals surface area contributed by atoms with Crippen molar-refractivity contribution in [2.45, 2.75) is 13.8 Å². The Labute approximate surface area is 139 Å². The number of nitrogens with zero attached hydrogens (tertiary/aromatic N) is 3. The summed E-state index contributed by atoms with van der Waals surface area (Å²) in [6.45, 7) is 5.12. The van der Waals surface area contributed by atoms with Gasteiger partial charge in [-0.15, -0.1) is 0 Å². The number of amides is 1. The summed E-state index contributed by atoms with van der Waals surface area (Å²) in [6, 6.07) is 5.11. The Bertz CT molecular complexity index is 657. The fourth-order valence-corrected chi connectivity index (χ4v) is 2.36. The predicted octanol–water partition coefficient (Wildman–Crippen LogP) is 4.01. The van der Waals surface area contributed by atoms with Crippen LogP contribution in [0.4, 0.5) is 11.5 Å². The third kappa shape index (κ3) is 3.87. The highest BCUT2D eigenvalue weighted by atomic mass is 35.5. The van der Waals surface area contributed by atoms with Crippen LogP contribution in [0.5, 0.6) is 0 Å². The lowest BCUT2D eigenvalue weighted by molar-refractivity contribution is 0.0766. The van der Waals surface area contributed by atoms with E-state index >= 15 is 0 Å². The summed E-state index contributed by atoms with van der Waals surface area (Å²) in [5, 5.41) is 4.07. The number of nitrogens with one attached hydrogen (secondary N) is 1. The molecule has 1 amide bonds. The Morgan fingerprint density at radius 3 is 2.45 bits per heavy atom. The van der Waals surface area contributed by atoms with Crippen LogP contribution in [0.15, 0.2) is 30.6 Å². The van der Waals surface area contributed by atoms with Crippen molar-refractivity contribution in [3.8, 4) is 0 Å². The second kappa shape index (κ2) is 7.42. The number of benzene rings is 1. The summed E-state index contributed by atoms with van der Waals surface area (Å²) >= 11 is 11.9.